The molecule has 0 bridgehead atoms. The van der Waals surface area contributed by atoms with E-state index in [9.17, 15) is 14.4 Å². The fourth-order valence-corrected chi connectivity index (χ4v) is 3.35. The molecule has 30 heavy (non-hydrogen) atoms. The first-order valence-electron chi connectivity index (χ1n) is 9.92. The van der Waals surface area contributed by atoms with Crippen molar-refractivity contribution < 1.29 is 14.4 Å². The van der Waals surface area contributed by atoms with Gasteiger partial charge in [0.05, 0.1) is 0 Å². The predicted molar refractivity (Wildman–Crippen MR) is 118 cm³/mol. The number of hydrogen-bond donors (Lipinski definition) is 3. The quantitative estimate of drug-likeness (QED) is 0.719. The van der Waals surface area contributed by atoms with Crippen molar-refractivity contribution in [1.29, 1.82) is 0 Å². The minimum atomic E-state index is -0.359. The van der Waals surface area contributed by atoms with Gasteiger partial charge in [-0.05, 0) is 43.2 Å². The molecule has 158 valence electrons. The summed E-state index contributed by atoms with van der Waals surface area (Å²) in [5.41, 5.74) is 1.88. The van der Waals surface area contributed by atoms with Crippen LogP contribution in [-0.4, -0.2) is 55.0 Å². The van der Waals surface area contributed by atoms with E-state index in [1.165, 1.54) is 0 Å². The van der Waals surface area contributed by atoms with Gasteiger partial charge in [-0.15, -0.1) is 0 Å². The number of nitrogens with one attached hydrogen (secondary N) is 3. The van der Waals surface area contributed by atoms with Crippen molar-refractivity contribution in [3.05, 3.63) is 54.6 Å². The lowest BCUT2D eigenvalue weighted by Crippen LogP contribution is -2.45. The number of piperidine rings is 1. The number of nitrogens with zero attached hydrogens (tertiary/aromatic N) is 2. The van der Waals surface area contributed by atoms with Crippen LogP contribution in [0.2, 0.25) is 0 Å². The molecule has 2 aromatic rings. The molecule has 5 amide bonds. The molecule has 1 fully saturated rings. The number of carbonyl (C=O) groups is 3. The Morgan fingerprint density at radius 3 is 2.03 bits per heavy atom. The molecule has 8 nitrogen and oxygen atoms in total. The third-order valence-electron chi connectivity index (χ3n) is 4.94. The maximum absolute atomic E-state index is 12.6. The smallest absolute Gasteiger partial charge is 0.323 e. The summed E-state index contributed by atoms with van der Waals surface area (Å²) in [6.07, 6.45) is 1.26. The van der Waals surface area contributed by atoms with Crippen LogP contribution in [0.5, 0.6) is 0 Å². The number of carbonyl (C=O) groups excluding carboxylic acids is 3. The molecule has 3 N–H and O–H groups in total. The molecule has 0 spiro atoms. The third kappa shape index (κ3) is 5.73. The molecule has 1 heterocycles. The van der Waals surface area contributed by atoms with E-state index in [1.807, 2.05) is 18.2 Å². The third-order valence-corrected chi connectivity index (χ3v) is 4.94. The molecule has 0 unspecified atom stereocenters. The molecule has 0 radical (unpaired) electrons. The summed E-state index contributed by atoms with van der Waals surface area (Å²) in [5.74, 6) is -0.216. The van der Waals surface area contributed by atoms with Crippen LogP contribution in [0.3, 0.4) is 0 Å². The van der Waals surface area contributed by atoms with Crippen molar-refractivity contribution in [2.75, 3.05) is 43.1 Å². The van der Waals surface area contributed by atoms with E-state index in [2.05, 4.69) is 16.0 Å². The first kappa shape index (κ1) is 21.2. The van der Waals surface area contributed by atoms with Crippen molar-refractivity contribution in [3.8, 4) is 0 Å². The highest BCUT2D eigenvalue weighted by atomic mass is 16.2. The van der Waals surface area contributed by atoms with Crippen molar-refractivity contribution in [2.24, 2.45) is 5.92 Å². The van der Waals surface area contributed by atoms with Crippen LogP contribution in [-0.2, 0) is 4.79 Å². The number of amides is 5. The van der Waals surface area contributed by atoms with Gasteiger partial charge in [-0.3, -0.25) is 4.79 Å². The van der Waals surface area contributed by atoms with Crippen molar-refractivity contribution in [3.63, 3.8) is 0 Å². The van der Waals surface area contributed by atoms with Crippen molar-refractivity contribution in [2.45, 2.75) is 12.8 Å². The number of likely N-dealkylation sites (tertiary alicyclic amines) is 1. The highest BCUT2D eigenvalue weighted by Crippen LogP contribution is 2.22. The van der Waals surface area contributed by atoms with E-state index in [0.717, 1.165) is 0 Å². The van der Waals surface area contributed by atoms with E-state index in [0.29, 0.717) is 43.0 Å². The summed E-state index contributed by atoms with van der Waals surface area (Å²) < 4.78 is 0. The Balaban J connectivity index is 1.52. The number of rotatable bonds is 4. The Morgan fingerprint density at radius 2 is 1.40 bits per heavy atom. The summed E-state index contributed by atoms with van der Waals surface area (Å²) in [4.78, 5) is 40.1. The van der Waals surface area contributed by atoms with Crippen LogP contribution >= 0.6 is 0 Å². The lowest BCUT2D eigenvalue weighted by molar-refractivity contribution is -0.121. The second-order valence-electron chi connectivity index (χ2n) is 7.45. The monoisotopic (exact) mass is 409 g/mol. The fraction of sp³-hybridized carbons (Fsp3) is 0.318. The summed E-state index contributed by atoms with van der Waals surface area (Å²) in [6.45, 7) is 1.13. The van der Waals surface area contributed by atoms with Crippen molar-refractivity contribution in [1.82, 2.24) is 9.80 Å². The standard InChI is InChI=1S/C22H27N5O3/c1-26(2)22(30)27-13-11-16(12-14-27)20(28)23-18-9-6-10-19(15-18)25-21(29)24-17-7-4-3-5-8-17/h3-10,15-16H,11-14H2,1-2H3,(H,23,28)(H2,24,25,29). The van der Waals surface area contributed by atoms with Crippen LogP contribution in [0.1, 0.15) is 12.8 Å². The number of urea groups is 2. The lowest BCUT2D eigenvalue weighted by Gasteiger charge is -2.33. The van der Waals surface area contributed by atoms with E-state index in [-0.39, 0.29) is 23.9 Å². The highest BCUT2D eigenvalue weighted by molar-refractivity contribution is 6.00. The van der Waals surface area contributed by atoms with Gasteiger partial charge in [0.15, 0.2) is 0 Å². The normalized spacial score (nSPS) is 14.0. The zero-order valence-electron chi connectivity index (χ0n) is 17.2. The first-order valence-corrected chi connectivity index (χ1v) is 9.92. The number of anilines is 3. The second-order valence-corrected chi connectivity index (χ2v) is 7.45. The zero-order chi connectivity index (χ0) is 21.5. The Kier molecular flexibility index (Phi) is 6.90. The molecule has 1 aliphatic rings. The van der Waals surface area contributed by atoms with E-state index < -0.39 is 0 Å². The first-order chi connectivity index (χ1) is 14.4. The van der Waals surface area contributed by atoms with Crippen LogP contribution in [0.4, 0.5) is 26.7 Å². The summed E-state index contributed by atoms with van der Waals surface area (Å²) in [6, 6.07) is 15.8. The number of benzene rings is 2. The second kappa shape index (κ2) is 9.78. The van der Waals surface area contributed by atoms with E-state index in [4.69, 9.17) is 0 Å². The van der Waals surface area contributed by atoms with Gasteiger partial charge < -0.3 is 25.8 Å². The van der Waals surface area contributed by atoms with Gasteiger partial charge in [0, 0.05) is 50.2 Å². The van der Waals surface area contributed by atoms with E-state index >= 15 is 0 Å². The highest BCUT2D eigenvalue weighted by Gasteiger charge is 2.28. The summed E-state index contributed by atoms with van der Waals surface area (Å²) in [7, 11) is 3.45. The van der Waals surface area contributed by atoms with Crippen LogP contribution in [0.25, 0.3) is 0 Å². The Bertz CT molecular complexity index is 893. The SMILES string of the molecule is CN(C)C(=O)N1CCC(C(=O)Nc2cccc(NC(=O)Nc3ccccc3)c2)CC1. The predicted octanol–water partition coefficient (Wildman–Crippen LogP) is 3.66. The molecular weight excluding hydrogens is 382 g/mol. The van der Waals surface area contributed by atoms with Gasteiger partial charge in [0.1, 0.15) is 0 Å². The maximum atomic E-state index is 12.6. The zero-order valence-corrected chi connectivity index (χ0v) is 17.2. The Labute approximate surface area is 176 Å². The van der Waals surface area contributed by atoms with Crippen LogP contribution in [0.15, 0.2) is 54.6 Å². The largest absolute Gasteiger partial charge is 0.331 e. The topological polar surface area (TPSA) is 93.8 Å². The van der Waals surface area contributed by atoms with Gasteiger partial charge >= 0.3 is 12.1 Å². The maximum Gasteiger partial charge on any atom is 0.323 e. The average molecular weight is 409 g/mol. The molecule has 2 aromatic carbocycles. The molecular formula is C22H27N5O3. The average Bonchev–Trinajstić information content (AvgIpc) is 2.74. The molecule has 0 atom stereocenters. The van der Waals surface area contributed by atoms with Crippen LogP contribution in [0, 0.1) is 5.92 Å². The molecule has 1 saturated heterocycles. The Hall–Kier alpha value is -3.55. The fourth-order valence-electron chi connectivity index (χ4n) is 3.35. The minimum Gasteiger partial charge on any atom is -0.331 e. The summed E-state index contributed by atoms with van der Waals surface area (Å²) >= 11 is 0. The Morgan fingerprint density at radius 1 is 0.833 bits per heavy atom. The molecule has 0 aliphatic carbocycles. The van der Waals surface area contributed by atoms with Gasteiger partial charge in [0.2, 0.25) is 5.91 Å². The summed E-state index contributed by atoms with van der Waals surface area (Å²) in [5, 5.41) is 8.43. The molecule has 8 heteroatoms. The molecule has 0 saturated carbocycles. The van der Waals surface area contributed by atoms with Gasteiger partial charge in [-0.2, -0.15) is 0 Å². The van der Waals surface area contributed by atoms with Crippen LogP contribution < -0.4 is 16.0 Å². The van der Waals surface area contributed by atoms with E-state index in [1.54, 1.807) is 60.3 Å². The minimum absolute atomic E-state index is 0.0265. The number of para-hydroxylation sites is 1. The number of hydrogen-bond acceptors (Lipinski definition) is 3. The van der Waals surface area contributed by atoms with Crippen molar-refractivity contribution >= 4 is 35.0 Å². The van der Waals surface area contributed by atoms with Gasteiger partial charge in [-0.1, -0.05) is 24.3 Å². The molecule has 1 aliphatic heterocycles. The molecule has 0 aromatic heterocycles. The lowest BCUT2D eigenvalue weighted by atomic mass is 9.96. The molecule has 3 rings (SSSR count). The van der Waals surface area contributed by atoms with Gasteiger partial charge in [-0.25, -0.2) is 9.59 Å². The van der Waals surface area contributed by atoms with Gasteiger partial charge in [0.25, 0.3) is 0 Å².